The van der Waals surface area contributed by atoms with Gasteiger partial charge in [-0.1, -0.05) is 70.0 Å². The van der Waals surface area contributed by atoms with Crippen LogP contribution in [0.4, 0.5) is 0 Å². The van der Waals surface area contributed by atoms with Crippen LogP contribution in [0.3, 0.4) is 0 Å². The van der Waals surface area contributed by atoms with Crippen LogP contribution in [-0.2, 0) is 19.1 Å². The Bertz CT molecular complexity index is 1090. The van der Waals surface area contributed by atoms with E-state index in [4.69, 9.17) is 9.47 Å². The molecule has 1 aliphatic rings. The van der Waals surface area contributed by atoms with Crippen LogP contribution in [0.1, 0.15) is 54.3 Å². The molecule has 1 fully saturated rings. The van der Waals surface area contributed by atoms with Crippen molar-refractivity contribution in [2.24, 2.45) is 16.7 Å². The molecule has 0 unspecified atom stereocenters. The third-order valence-corrected chi connectivity index (χ3v) is 8.03. The van der Waals surface area contributed by atoms with Crippen molar-refractivity contribution in [2.75, 3.05) is 13.2 Å². The molecule has 0 radical (unpaired) electrons. The lowest BCUT2D eigenvalue weighted by Gasteiger charge is -2.38. The van der Waals surface area contributed by atoms with Crippen LogP contribution in [0.5, 0.6) is 0 Å². The van der Waals surface area contributed by atoms with Gasteiger partial charge in [-0.05, 0) is 49.4 Å². The summed E-state index contributed by atoms with van der Waals surface area (Å²) in [6.07, 6.45) is 0.830. The Morgan fingerprint density at radius 3 is 1.71 bits per heavy atom. The fourth-order valence-electron chi connectivity index (χ4n) is 4.24. The first-order valence-corrected chi connectivity index (χ1v) is 12.5. The van der Waals surface area contributed by atoms with E-state index in [-0.39, 0.29) is 24.8 Å². The predicted molar refractivity (Wildman–Crippen MR) is 133 cm³/mol. The Morgan fingerprint density at radius 1 is 0.794 bits per heavy atom. The minimum absolute atomic E-state index is 0.301. The van der Waals surface area contributed by atoms with Crippen LogP contribution in [-0.4, -0.2) is 36.7 Å². The third-order valence-electron chi connectivity index (χ3n) is 6.97. The molecule has 0 spiro atoms. The maximum Gasteiger partial charge on any atom is 0.312 e. The predicted octanol–water partition coefficient (Wildman–Crippen LogP) is 5.81. The number of carbonyl (C=O) groups excluding carboxylic acids is 4. The zero-order chi connectivity index (χ0) is 25.1. The highest BCUT2D eigenvalue weighted by Crippen LogP contribution is 2.56. The van der Waals surface area contributed by atoms with Crippen LogP contribution in [0.15, 0.2) is 57.5 Å². The molecule has 0 aliphatic heterocycles. The van der Waals surface area contributed by atoms with E-state index in [1.54, 1.807) is 55.5 Å². The molecule has 6 nitrogen and oxygen atoms in total. The topological polar surface area (TPSA) is 86.7 Å². The van der Waals surface area contributed by atoms with Crippen LogP contribution in [0.25, 0.3) is 0 Å². The molecular formula is C26H26Br2O6. The monoisotopic (exact) mass is 592 g/mol. The summed E-state index contributed by atoms with van der Waals surface area (Å²) in [6.45, 7) is 4.65. The Hall–Kier alpha value is -2.32. The molecule has 180 valence electrons. The van der Waals surface area contributed by atoms with Gasteiger partial charge in [-0.25, -0.2) is 0 Å². The van der Waals surface area contributed by atoms with E-state index in [0.29, 0.717) is 24.0 Å². The normalized spacial score (nSPS) is 21.0. The molecule has 8 heteroatoms. The average molecular weight is 594 g/mol. The van der Waals surface area contributed by atoms with Crippen molar-refractivity contribution in [3.63, 3.8) is 0 Å². The number of esters is 2. The summed E-state index contributed by atoms with van der Waals surface area (Å²) in [7, 11) is 0. The largest absolute Gasteiger partial charge is 0.457 e. The summed E-state index contributed by atoms with van der Waals surface area (Å²) >= 11 is 6.63. The molecule has 2 aromatic carbocycles. The van der Waals surface area contributed by atoms with Crippen molar-refractivity contribution < 1.29 is 28.7 Å². The number of hydrogen-bond acceptors (Lipinski definition) is 6. The molecule has 0 N–H and O–H groups in total. The molecule has 0 amide bonds. The molecule has 1 saturated carbocycles. The minimum atomic E-state index is -0.980. The fraction of sp³-hybridized carbons (Fsp3) is 0.385. The molecule has 1 aliphatic carbocycles. The maximum absolute atomic E-state index is 13.0. The number of halogens is 2. The van der Waals surface area contributed by atoms with E-state index < -0.39 is 28.7 Å². The number of rotatable bonds is 8. The summed E-state index contributed by atoms with van der Waals surface area (Å²) in [6, 6.07) is 13.6. The van der Waals surface area contributed by atoms with Gasteiger partial charge in [-0.15, -0.1) is 0 Å². The Labute approximate surface area is 215 Å². The number of ether oxygens (including phenoxy) is 2. The highest BCUT2D eigenvalue weighted by molar-refractivity contribution is 9.10. The Balaban J connectivity index is 1.59. The standard InChI is InChI=1S/C26H26Br2O6/c1-25(2)20(23(31)33-14-21(29)16-4-8-18(27)9-5-16)12-13-26(25,3)24(32)34-15-22(30)17-6-10-19(28)11-7-17/h4-11,20H,12-15H2,1-3H3/t20-,26+/m0/s1. The summed E-state index contributed by atoms with van der Waals surface area (Å²) < 4.78 is 12.4. The first-order chi connectivity index (χ1) is 16.0. The minimum Gasteiger partial charge on any atom is -0.457 e. The van der Waals surface area contributed by atoms with E-state index in [0.717, 1.165) is 8.95 Å². The highest BCUT2D eigenvalue weighted by Gasteiger charge is 2.59. The quantitative estimate of drug-likeness (QED) is 0.284. The van der Waals surface area contributed by atoms with Gasteiger partial charge in [-0.3, -0.25) is 19.2 Å². The Morgan fingerprint density at radius 2 is 1.24 bits per heavy atom. The van der Waals surface area contributed by atoms with Gasteiger partial charge < -0.3 is 9.47 Å². The van der Waals surface area contributed by atoms with Gasteiger partial charge >= 0.3 is 11.9 Å². The first-order valence-electron chi connectivity index (χ1n) is 10.9. The molecule has 2 atom stereocenters. The van der Waals surface area contributed by atoms with Crippen molar-refractivity contribution in [2.45, 2.75) is 33.6 Å². The summed E-state index contributed by atoms with van der Waals surface area (Å²) in [5.41, 5.74) is -0.871. The zero-order valence-corrected chi connectivity index (χ0v) is 22.4. The van der Waals surface area contributed by atoms with E-state index in [9.17, 15) is 19.2 Å². The van der Waals surface area contributed by atoms with Gasteiger partial charge in [0, 0.05) is 20.1 Å². The molecule has 0 saturated heterocycles. The molecule has 0 bridgehead atoms. The van der Waals surface area contributed by atoms with Gasteiger partial charge in [0.15, 0.2) is 24.8 Å². The lowest BCUT2D eigenvalue weighted by Crippen LogP contribution is -2.44. The van der Waals surface area contributed by atoms with Crippen LogP contribution in [0.2, 0.25) is 0 Å². The van der Waals surface area contributed by atoms with Gasteiger partial charge in [0.05, 0.1) is 11.3 Å². The van der Waals surface area contributed by atoms with Gasteiger partial charge in [0.2, 0.25) is 0 Å². The number of benzene rings is 2. The summed E-state index contributed by atoms with van der Waals surface area (Å²) in [4.78, 5) is 50.6. The van der Waals surface area contributed by atoms with Crippen LogP contribution >= 0.6 is 31.9 Å². The van der Waals surface area contributed by atoms with Gasteiger partial charge in [0.25, 0.3) is 0 Å². The van der Waals surface area contributed by atoms with E-state index in [1.807, 2.05) is 13.8 Å². The highest BCUT2D eigenvalue weighted by atomic mass is 79.9. The molecule has 3 rings (SSSR count). The smallest absolute Gasteiger partial charge is 0.312 e. The second kappa shape index (κ2) is 10.5. The number of hydrogen-bond donors (Lipinski definition) is 0. The number of Topliss-reactive ketones (excluding diaryl/α,β-unsaturated/α-hetero) is 2. The number of carbonyl (C=O) groups is 4. The van der Waals surface area contributed by atoms with Gasteiger partial charge in [-0.2, -0.15) is 0 Å². The molecular weight excluding hydrogens is 568 g/mol. The van der Waals surface area contributed by atoms with Crippen molar-refractivity contribution in [1.29, 1.82) is 0 Å². The first kappa shape index (κ1) is 26.3. The zero-order valence-electron chi connectivity index (χ0n) is 19.2. The number of ketones is 2. The molecule has 0 heterocycles. The lowest BCUT2D eigenvalue weighted by molar-refractivity contribution is -0.164. The summed E-state index contributed by atoms with van der Waals surface area (Å²) in [5, 5.41) is 0. The fourth-order valence-corrected chi connectivity index (χ4v) is 4.77. The Kier molecular flexibility index (Phi) is 8.14. The second-order valence-electron chi connectivity index (χ2n) is 9.19. The van der Waals surface area contributed by atoms with E-state index >= 15 is 0 Å². The van der Waals surface area contributed by atoms with Crippen molar-refractivity contribution in [3.8, 4) is 0 Å². The van der Waals surface area contributed by atoms with E-state index in [1.165, 1.54) is 0 Å². The average Bonchev–Trinajstić information content (AvgIpc) is 3.06. The molecule has 34 heavy (non-hydrogen) atoms. The lowest BCUT2D eigenvalue weighted by atomic mass is 9.65. The SMILES string of the molecule is CC1(C)[C@H](C(=O)OCC(=O)c2ccc(Br)cc2)CC[C@]1(C)C(=O)OCC(=O)c1ccc(Br)cc1. The van der Waals surface area contributed by atoms with Crippen molar-refractivity contribution in [1.82, 2.24) is 0 Å². The molecule has 2 aromatic rings. The summed E-state index contributed by atoms with van der Waals surface area (Å²) in [5.74, 6) is -2.22. The van der Waals surface area contributed by atoms with E-state index in [2.05, 4.69) is 31.9 Å². The van der Waals surface area contributed by atoms with Crippen LogP contribution in [0, 0.1) is 16.7 Å². The second-order valence-corrected chi connectivity index (χ2v) is 11.0. The van der Waals surface area contributed by atoms with Crippen LogP contribution < -0.4 is 0 Å². The van der Waals surface area contributed by atoms with Crippen molar-refractivity contribution in [3.05, 3.63) is 68.6 Å². The maximum atomic E-state index is 13.0. The van der Waals surface area contributed by atoms with Gasteiger partial charge in [0.1, 0.15) is 0 Å². The van der Waals surface area contributed by atoms with Crippen molar-refractivity contribution >= 4 is 55.4 Å². The molecule has 0 aromatic heterocycles. The third kappa shape index (κ3) is 5.49.